The van der Waals surface area contributed by atoms with Crippen LogP contribution in [-0.4, -0.2) is 42.8 Å². The Kier molecular flexibility index (Phi) is 4.99. The van der Waals surface area contributed by atoms with Crippen molar-refractivity contribution < 1.29 is 18.9 Å². The van der Waals surface area contributed by atoms with E-state index in [9.17, 15) is 0 Å². The van der Waals surface area contributed by atoms with Crippen molar-refractivity contribution in [3.05, 3.63) is 35.7 Å². The second-order valence-electron chi connectivity index (χ2n) is 6.69. The molecule has 1 aromatic heterocycles. The lowest BCUT2D eigenvalue weighted by Gasteiger charge is -2.32. The molecule has 26 heavy (non-hydrogen) atoms. The van der Waals surface area contributed by atoms with Crippen LogP contribution in [0.2, 0.25) is 0 Å². The monoisotopic (exact) mass is 359 g/mol. The Labute approximate surface area is 153 Å². The Morgan fingerprint density at radius 1 is 1.27 bits per heavy atom. The maximum atomic E-state index is 6.03. The zero-order chi connectivity index (χ0) is 17.9. The molecule has 0 spiro atoms. The van der Waals surface area contributed by atoms with Crippen molar-refractivity contribution in [2.75, 3.05) is 26.9 Å². The number of benzene rings is 1. The first-order chi connectivity index (χ1) is 12.7. The molecule has 0 saturated carbocycles. The number of aryl methyl sites for hydroxylation is 1. The van der Waals surface area contributed by atoms with Gasteiger partial charge in [-0.1, -0.05) is 0 Å². The first kappa shape index (κ1) is 17.2. The standard InChI is InChI=1S/C19H25N3O4/c1-22-12-14(11-21-22)18-15(4-3-5-25-18)20-10-13-8-16(23-2)19-17(9-13)24-6-7-26-19/h8-9,11-12,15,18,20H,3-7,10H2,1-2H3/t15-,18+/m0/s1. The minimum absolute atomic E-state index is 0.0246. The van der Waals surface area contributed by atoms with Crippen molar-refractivity contribution in [2.45, 2.75) is 31.5 Å². The minimum atomic E-state index is 0.0246. The van der Waals surface area contributed by atoms with Gasteiger partial charge in [0.25, 0.3) is 0 Å². The molecule has 0 unspecified atom stereocenters. The molecule has 7 heteroatoms. The highest BCUT2D eigenvalue weighted by Crippen LogP contribution is 2.40. The smallest absolute Gasteiger partial charge is 0.203 e. The summed E-state index contributed by atoms with van der Waals surface area (Å²) in [6.07, 6.45) is 6.06. The van der Waals surface area contributed by atoms with Crippen molar-refractivity contribution in [3.8, 4) is 17.2 Å². The molecule has 140 valence electrons. The fourth-order valence-corrected chi connectivity index (χ4v) is 3.58. The first-order valence-corrected chi connectivity index (χ1v) is 9.04. The molecular weight excluding hydrogens is 334 g/mol. The third kappa shape index (κ3) is 3.50. The van der Waals surface area contributed by atoms with Crippen molar-refractivity contribution >= 4 is 0 Å². The average molecular weight is 359 g/mol. The highest BCUT2D eigenvalue weighted by atomic mass is 16.6. The van der Waals surface area contributed by atoms with E-state index >= 15 is 0 Å². The quantitative estimate of drug-likeness (QED) is 0.883. The molecule has 0 radical (unpaired) electrons. The van der Waals surface area contributed by atoms with Crippen LogP contribution in [0.25, 0.3) is 0 Å². The highest BCUT2D eigenvalue weighted by Gasteiger charge is 2.28. The molecule has 1 fully saturated rings. The first-order valence-electron chi connectivity index (χ1n) is 9.04. The van der Waals surface area contributed by atoms with E-state index in [1.54, 1.807) is 7.11 Å². The van der Waals surface area contributed by atoms with Crippen LogP contribution in [-0.2, 0) is 18.3 Å². The molecule has 1 aromatic carbocycles. The highest BCUT2D eigenvalue weighted by molar-refractivity contribution is 5.54. The summed E-state index contributed by atoms with van der Waals surface area (Å²) in [5.74, 6) is 2.15. The Hall–Kier alpha value is -2.25. The number of aromatic nitrogens is 2. The number of hydrogen-bond donors (Lipinski definition) is 1. The fourth-order valence-electron chi connectivity index (χ4n) is 3.58. The van der Waals surface area contributed by atoms with Gasteiger partial charge >= 0.3 is 0 Å². The summed E-state index contributed by atoms with van der Waals surface area (Å²) in [6, 6.07) is 4.27. The Balaban J connectivity index is 1.48. The summed E-state index contributed by atoms with van der Waals surface area (Å²) in [6.45, 7) is 2.60. The molecule has 3 heterocycles. The molecule has 7 nitrogen and oxygen atoms in total. The summed E-state index contributed by atoms with van der Waals surface area (Å²) >= 11 is 0. The molecule has 1 N–H and O–H groups in total. The number of hydrogen-bond acceptors (Lipinski definition) is 6. The molecule has 2 aliphatic heterocycles. The topological polar surface area (TPSA) is 66.8 Å². The largest absolute Gasteiger partial charge is 0.493 e. The van der Waals surface area contributed by atoms with Crippen LogP contribution >= 0.6 is 0 Å². The third-order valence-electron chi connectivity index (χ3n) is 4.83. The molecular formula is C19H25N3O4. The van der Waals surface area contributed by atoms with Gasteiger partial charge in [-0.3, -0.25) is 4.68 Å². The van der Waals surface area contributed by atoms with Gasteiger partial charge in [-0.25, -0.2) is 0 Å². The van der Waals surface area contributed by atoms with E-state index in [0.717, 1.165) is 36.3 Å². The van der Waals surface area contributed by atoms with E-state index in [1.807, 2.05) is 36.3 Å². The van der Waals surface area contributed by atoms with Gasteiger partial charge in [-0.2, -0.15) is 5.10 Å². The number of methoxy groups -OCH3 is 1. The van der Waals surface area contributed by atoms with Crippen molar-refractivity contribution in [1.82, 2.24) is 15.1 Å². The van der Waals surface area contributed by atoms with E-state index in [0.29, 0.717) is 31.3 Å². The van der Waals surface area contributed by atoms with Crippen molar-refractivity contribution in [3.63, 3.8) is 0 Å². The zero-order valence-corrected chi connectivity index (χ0v) is 15.2. The number of nitrogens with zero attached hydrogens (tertiary/aromatic N) is 2. The van der Waals surface area contributed by atoms with Crippen LogP contribution in [0.5, 0.6) is 17.2 Å². The second kappa shape index (κ2) is 7.55. The molecule has 2 aromatic rings. The van der Waals surface area contributed by atoms with Gasteiger partial charge < -0.3 is 24.3 Å². The predicted molar refractivity (Wildman–Crippen MR) is 95.7 cm³/mol. The van der Waals surface area contributed by atoms with Gasteiger partial charge in [0.05, 0.1) is 13.3 Å². The summed E-state index contributed by atoms with van der Waals surface area (Å²) in [5, 5.41) is 7.92. The number of nitrogens with one attached hydrogen (secondary N) is 1. The van der Waals surface area contributed by atoms with E-state index in [1.165, 1.54) is 0 Å². The summed E-state index contributed by atoms with van der Waals surface area (Å²) in [4.78, 5) is 0. The number of rotatable bonds is 5. The molecule has 1 saturated heterocycles. The lowest BCUT2D eigenvalue weighted by molar-refractivity contribution is -0.0112. The second-order valence-corrected chi connectivity index (χ2v) is 6.69. The molecule has 0 bridgehead atoms. The Bertz CT molecular complexity index is 744. The van der Waals surface area contributed by atoms with Gasteiger partial charge in [0.1, 0.15) is 19.3 Å². The predicted octanol–water partition coefficient (Wildman–Crippen LogP) is 2.21. The van der Waals surface area contributed by atoms with Crippen molar-refractivity contribution in [1.29, 1.82) is 0 Å². The van der Waals surface area contributed by atoms with Crippen LogP contribution in [0.4, 0.5) is 0 Å². The minimum Gasteiger partial charge on any atom is -0.493 e. The van der Waals surface area contributed by atoms with E-state index < -0.39 is 0 Å². The molecule has 4 rings (SSSR count). The Morgan fingerprint density at radius 2 is 2.15 bits per heavy atom. The van der Waals surface area contributed by atoms with E-state index in [2.05, 4.69) is 10.4 Å². The SMILES string of the molecule is COc1cc(CN[C@H]2CCCO[C@@H]2c2cnn(C)c2)cc2c1OCCO2. The zero-order valence-electron chi connectivity index (χ0n) is 15.2. The van der Waals surface area contributed by atoms with Crippen LogP contribution in [0, 0.1) is 0 Å². The van der Waals surface area contributed by atoms with Crippen LogP contribution in [0.3, 0.4) is 0 Å². The van der Waals surface area contributed by atoms with Crippen LogP contribution in [0.15, 0.2) is 24.5 Å². The van der Waals surface area contributed by atoms with Gasteiger partial charge in [0, 0.05) is 38.0 Å². The summed E-state index contributed by atoms with van der Waals surface area (Å²) < 4.78 is 24.7. The average Bonchev–Trinajstić information content (AvgIpc) is 3.12. The lowest BCUT2D eigenvalue weighted by atomic mass is 9.98. The number of ether oxygens (including phenoxy) is 4. The maximum absolute atomic E-state index is 6.03. The van der Waals surface area contributed by atoms with Crippen molar-refractivity contribution in [2.24, 2.45) is 7.05 Å². The van der Waals surface area contributed by atoms with E-state index in [-0.39, 0.29) is 12.1 Å². The molecule has 2 aliphatic rings. The normalized spacial score (nSPS) is 22.2. The maximum Gasteiger partial charge on any atom is 0.203 e. The van der Waals surface area contributed by atoms with Gasteiger partial charge in [-0.05, 0) is 30.5 Å². The molecule has 2 atom stereocenters. The van der Waals surface area contributed by atoms with E-state index in [4.69, 9.17) is 18.9 Å². The van der Waals surface area contributed by atoms with Gasteiger partial charge in [-0.15, -0.1) is 0 Å². The third-order valence-corrected chi connectivity index (χ3v) is 4.83. The summed E-state index contributed by atoms with van der Waals surface area (Å²) in [7, 11) is 3.58. The summed E-state index contributed by atoms with van der Waals surface area (Å²) in [5.41, 5.74) is 2.21. The van der Waals surface area contributed by atoms with Crippen LogP contribution in [0.1, 0.15) is 30.1 Å². The Morgan fingerprint density at radius 3 is 2.96 bits per heavy atom. The molecule has 0 amide bonds. The van der Waals surface area contributed by atoms with Crippen LogP contribution < -0.4 is 19.5 Å². The van der Waals surface area contributed by atoms with Gasteiger partial charge in [0.2, 0.25) is 5.75 Å². The van der Waals surface area contributed by atoms with Gasteiger partial charge in [0.15, 0.2) is 11.5 Å². The fraction of sp³-hybridized carbons (Fsp3) is 0.526. The number of fused-ring (bicyclic) bond motifs is 1. The molecule has 0 aliphatic carbocycles. The lowest BCUT2D eigenvalue weighted by Crippen LogP contribution is -2.39.